The van der Waals surface area contributed by atoms with Crippen LogP contribution in [0.15, 0.2) is 47.4 Å². The molecule has 0 aromatic heterocycles. The molecule has 0 saturated carbocycles. The Hall–Kier alpha value is -1.43. The van der Waals surface area contributed by atoms with E-state index in [-0.39, 0.29) is 4.90 Å². The molecule has 0 saturated heterocycles. The lowest BCUT2D eigenvalue weighted by Crippen LogP contribution is -2.03. The van der Waals surface area contributed by atoms with Gasteiger partial charge in [-0.15, -0.1) is 4.33 Å². The molecule has 1 N–H and O–H groups in total. The van der Waals surface area contributed by atoms with Crippen LogP contribution in [0.25, 0.3) is 10.8 Å². The highest BCUT2D eigenvalue weighted by molar-refractivity contribution is 7.86. The van der Waals surface area contributed by atoms with Crippen molar-refractivity contribution < 1.29 is 18.0 Å². The molecule has 0 aliphatic heterocycles. The zero-order valence-electron chi connectivity index (χ0n) is 7.62. The fraction of sp³-hybridized carbons (Fsp3) is 0. The maximum absolute atomic E-state index is 11.3. The SMILES string of the molecule is O=S(=O)(OO)c1cccc2ccccc12. The monoisotopic (exact) mass is 224 g/mol. The van der Waals surface area contributed by atoms with Gasteiger partial charge in [0.1, 0.15) is 4.90 Å². The molecule has 0 aliphatic rings. The first-order valence-electron chi connectivity index (χ1n) is 4.21. The van der Waals surface area contributed by atoms with Gasteiger partial charge in [-0.05, 0) is 11.5 Å². The van der Waals surface area contributed by atoms with Crippen molar-refractivity contribution in [2.45, 2.75) is 4.90 Å². The van der Waals surface area contributed by atoms with E-state index in [0.29, 0.717) is 5.39 Å². The molecule has 0 fully saturated rings. The topological polar surface area (TPSA) is 63.6 Å². The van der Waals surface area contributed by atoms with E-state index in [1.807, 2.05) is 0 Å². The van der Waals surface area contributed by atoms with E-state index in [4.69, 9.17) is 5.26 Å². The van der Waals surface area contributed by atoms with Crippen LogP contribution in [0.5, 0.6) is 0 Å². The molecule has 4 nitrogen and oxygen atoms in total. The molecule has 0 radical (unpaired) electrons. The smallest absolute Gasteiger partial charge is 0.235 e. The average Bonchev–Trinajstić information content (AvgIpc) is 2.28. The summed E-state index contributed by atoms with van der Waals surface area (Å²) in [6.45, 7) is 0. The number of fused-ring (bicyclic) bond motifs is 1. The molecule has 78 valence electrons. The van der Waals surface area contributed by atoms with Crippen molar-refractivity contribution in [3.05, 3.63) is 42.5 Å². The first kappa shape index (κ1) is 10.1. The fourth-order valence-corrected chi connectivity index (χ4v) is 2.23. The van der Waals surface area contributed by atoms with Crippen molar-refractivity contribution in [1.29, 1.82) is 0 Å². The third-order valence-electron chi connectivity index (χ3n) is 2.12. The van der Waals surface area contributed by atoms with Crippen molar-refractivity contribution in [2.24, 2.45) is 0 Å². The summed E-state index contributed by atoms with van der Waals surface area (Å²) >= 11 is 0. The van der Waals surface area contributed by atoms with Crippen LogP contribution in [0, 0.1) is 0 Å². The average molecular weight is 224 g/mol. The van der Waals surface area contributed by atoms with Gasteiger partial charge in [-0.25, -0.2) is 5.26 Å². The van der Waals surface area contributed by atoms with Crippen molar-refractivity contribution >= 4 is 20.9 Å². The predicted octanol–water partition coefficient (Wildman–Crippen LogP) is 2.02. The van der Waals surface area contributed by atoms with Crippen LogP contribution < -0.4 is 0 Å². The summed E-state index contributed by atoms with van der Waals surface area (Å²) in [5.41, 5.74) is 0. The lowest BCUT2D eigenvalue weighted by Gasteiger charge is -2.03. The van der Waals surface area contributed by atoms with E-state index in [1.165, 1.54) is 6.07 Å². The van der Waals surface area contributed by atoms with Gasteiger partial charge >= 0.3 is 10.1 Å². The third-order valence-corrected chi connectivity index (χ3v) is 3.21. The molecule has 0 heterocycles. The lowest BCUT2D eigenvalue weighted by molar-refractivity contribution is -0.130. The Labute approximate surface area is 86.8 Å². The van der Waals surface area contributed by atoms with Crippen molar-refractivity contribution in [3.63, 3.8) is 0 Å². The van der Waals surface area contributed by atoms with Gasteiger partial charge in [0.15, 0.2) is 0 Å². The van der Waals surface area contributed by atoms with Crippen LogP contribution in [0.1, 0.15) is 0 Å². The van der Waals surface area contributed by atoms with Crippen molar-refractivity contribution in [3.8, 4) is 0 Å². The van der Waals surface area contributed by atoms with Gasteiger partial charge in [-0.1, -0.05) is 36.4 Å². The number of benzene rings is 2. The molecule has 0 atom stereocenters. The fourth-order valence-electron chi connectivity index (χ4n) is 1.45. The molecule has 0 aliphatic carbocycles. The quantitative estimate of drug-likeness (QED) is 0.626. The Bertz CT molecular complexity index is 584. The Morgan fingerprint density at radius 1 is 1.00 bits per heavy atom. The molecule has 0 amide bonds. The van der Waals surface area contributed by atoms with Gasteiger partial charge in [0.2, 0.25) is 0 Å². The zero-order chi connectivity index (χ0) is 10.9. The largest absolute Gasteiger partial charge is 0.323 e. The van der Waals surface area contributed by atoms with Crippen LogP contribution in [0.4, 0.5) is 0 Å². The number of rotatable bonds is 2. The van der Waals surface area contributed by atoms with E-state index in [0.717, 1.165) is 5.39 Å². The molecule has 0 bridgehead atoms. The van der Waals surface area contributed by atoms with Gasteiger partial charge < -0.3 is 0 Å². The van der Waals surface area contributed by atoms with Crippen LogP contribution >= 0.6 is 0 Å². The first-order chi connectivity index (χ1) is 7.15. The molecule has 5 heteroatoms. The standard InChI is InChI=1S/C10H8O4S/c11-14-15(12,13)10-7-3-5-8-4-1-2-6-9(8)10/h1-7,11H. The molecule has 0 spiro atoms. The summed E-state index contributed by atoms with van der Waals surface area (Å²) in [6, 6.07) is 11.7. The maximum atomic E-state index is 11.3. The second-order valence-electron chi connectivity index (χ2n) is 3.01. The van der Waals surface area contributed by atoms with Crippen molar-refractivity contribution in [2.75, 3.05) is 0 Å². The number of hydrogen-bond acceptors (Lipinski definition) is 4. The molecule has 2 aromatic rings. The Morgan fingerprint density at radius 2 is 1.67 bits per heavy atom. The molecule has 2 aromatic carbocycles. The van der Waals surface area contributed by atoms with E-state index in [1.54, 1.807) is 36.4 Å². The van der Waals surface area contributed by atoms with Gasteiger partial charge in [0.25, 0.3) is 0 Å². The third kappa shape index (κ3) is 1.72. The van der Waals surface area contributed by atoms with Crippen LogP contribution in [0.2, 0.25) is 0 Å². The summed E-state index contributed by atoms with van der Waals surface area (Å²) in [6.07, 6.45) is 0. The highest BCUT2D eigenvalue weighted by Gasteiger charge is 2.17. The van der Waals surface area contributed by atoms with E-state index < -0.39 is 10.1 Å². The van der Waals surface area contributed by atoms with Crippen LogP contribution in [0.3, 0.4) is 0 Å². The van der Waals surface area contributed by atoms with E-state index >= 15 is 0 Å². The molecule has 15 heavy (non-hydrogen) atoms. The molecule has 2 rings (SSSR count). The number of hydrogen-bond donors (Lipinski definition) is 1. The highest BCUT2D eigenvalue weighted by atomic mass is 32.2. The van der Waals surface area contributed by atoms with Crippen LogP contribution in [-0.4, -0.2) is 13.7 Å². The second-order valence-corrected chi connectivity index (χ2v) is 4.50. The predicted molar refractivity (Wildman–Crippen MR) is 54.8 cm³/mol. The minimum Gasteiger partial charge on any atom is -0.235 e. The van der Waals surface area contributed by atoms with Gasteiger partial charge in [-0.2, -0.15) is 8.42 Å². The molecular formula is C10H8O4S. The molecule has 0 unspecified atom stereocenters. The second kappa shape index (κ2) is 3.62. The van der Waals surface area contributed by atoms with Gasteiger partial charge in [0.05, 0.1) is 0 Å². The Balaban J connectivity index is 2.83. The zero-order valence-corrected chi connectivity index (χ0v) is 8.44. The maximum Gasteiger partial charge on any atom is 0.323 e. The van der Waals surface area contributed by atoms with E-state index in [2.05, 4.69) is 4.33 Å². The van der Waals surface area contributed by atoms with Crippen LogP contribution in [-0.2, 0) is 14.5 Å². The first-order valence-corrected chi connectivity index (χ1v) is 5.62. The van der Waals surface area contributed by atoms with E-state index in [9.17, 15) is 8.42 Å². The highest BCUT2D eigenvalue weighted by Crippen LogP contribution is 2.23. The minimum atomic E-state index is -4.07. The van der Waals surface area contributed by atoms with Gasteiger partial charge in [0, 0.05) is 5.39 Å². The lowest BCUT2D eigenvalue weighted by atomic mass is 10.1. The summed E-state index contributed by atoms with van der Waals surface area (Å²) in [7, 11) is -4.07. The summed E-state index contributed by atoms with van der Waals surface area (Å²) in [5.74, 6) is 0. The van der Waals surface area contributed by atoms with Gasteiger partial charge in [-0.3, -0.25) is 0 Å². The summed E-state index contributed by atoms with van der Waals surface area (Å²) in [4.78, 5) is -0.0388. The summed E-state index contributed by atoms with van der Waals surface area (Å²) < 4.78 is 26.2. The normalized spacial score (nSPS) is 11.8. The Kier molecular flexibility index (Phi) is 2.44. The molecular weight excluding hydrogens is 216 g/mol. The van der Waals surface area contributed by atoms with Crippen molar-refractivity contribution in [1.82, 2.24) is 0 Å². The minimum absolute atomic E-state index is 0.0388. The summed E-state index contributed by atoms with van der Waals surface area (Å²) in [5, 5.41) is 9.61. The Morgan fingerprint density at radius 3 is 2.40 bits per heavy atom.